The second-order valence-electron chi connectivity index (χ2n) is 10.8. The number of hydrogen-bond donors (Lipinski definition) is 2. The minimum atomic E-state index is -0.996. The lowest BCUT2D eigenvalue weighted by atomic mass is 9.97. The number of halogens is 2. The number of benzene rings is 1. The fourth-order valence-corrected chi connectivity index (χ4v) is 6.65. The van der Waals surface area contributed by atoms with Gasteiger partial charge in [0.25, 0.3) is 0 Å². The molecule has 0 saturated carbocycles. The SMILES string of the molecule is C=CC(=O)N1CCn2nc(-c3nc(-c4cnn(C[C@H](O)CO)c4)c4ccsc4c3-c3c(F)cc(F)cc3OCCOC)cc2[C@H]1C. The molecule has 1 aliphatic heterocycles. The number of rotatable bonds is 11. The highest BCUT2D eigenvalue weighted by molar-refractivity contribution is 7.18. The van der Waals surface area contributed by atoms with Crippen LogP contribution in [0.3, 0.4) is 0 Å². The zero-order valence-corrected chi connectivity index (χ0v) is 26.0. The molecule has 2 atom stereocenters. The molecule has 1 aliphatic rings. The summed E-state index contributed by atoms with van der Waals surface area (Å²) in [5.74, 6) is -1.83. The first-order valence-corrected chi connectivity index (χ1v) is 15.5. The van der Waals surface area contributed by atoms with Crippen molar-refractivity contribution in [3.05, 3.63) is 72.0 Å². The van der Waals surface area contributed by atoms with Gasteiger partial charge in [0.2, 0.25) is 5.91 Å². The molecule has 5 heterocycles. The Labute approximate surface area is 266 Å². The van der Waals surface area contributed by atoms with Gasteiger partial charge in [0.15, 0.2) is 0 Å². The molecule has 0 fully saturated rings. The normalized spacial score (nSPS) is 15.3. The molecule has 1 amide bonds. The fraction of sp³-hybridized carbons (Fsp3) is 0.312. The van der Waals surface area contributed by atoms with Gasteiger partial charge >= 0.3 is 0 Å². The van der Waals surface area contributed by atoms with Crippen LogP contribution in [0.2, 0.25) is 0 Å². The fourth-order valence-electron chi connectivity index (χ4n) is 5.70. The maximum atomic E-state index is 16.0. The van der Waals surface area contributed by atoms with Crippen molar-refractivity contribution in [2.45, 2.75) is 32.2 Å². The third kappa shape index (κ3) is 5.80. The molecule has 14 heteroatoms. The number of pyridine rings is 1. The van der Waals surface area contributed by atoms with E-state index in [2.05, 4.69) is 11.7 Å². The number of fused-ring (bicyclic) bond motifs is 2. The van der Waals surface area contributed by atoms with Gasteiger partial charge in [-0.1, -0.05) is 6.58 Å². The van der Waals surface area contributed by atoms with Gasteiger partial charge in [0.05, 0.1) is 61.6 Å². The summed E-state index contributed by atoms with van der Waals surface area (Å²) in [6.07, 6.45) is 3.59. The van der Waals surface area contributed by atoms with Crippen LogP contribution in [0.15, 0.2) is 54.7 Å². The Morgan fingerprint density at radius 2 is 2.04 bits per heavy atom. The van der Waals surface area contributed by atoms with Crippen LogP contribution in [-0.4, -0.2) is 85.1 Å². The molecule has 2 N–H and O–H groups in total. The highest BCUT2D eigenvalue weighted by Gasteiger charge is 2.31. The predicted molar refractivity (Wildman–Crippen MR) is 168 cm³/mol. The number of carbonyl (C=O) groups is 1. The summed E-state index contributed by atoms with van der Waals surface area (Å²) in [6.45, 7) is 6.30. The number of hydrogen-bond acceptors (Lipinski definition) is 9. The molecular weight excluding hydrogens is 618 g/mol. The smallest absolute Gasteiger partial charge is 0.246 e. The van der Waals surface area contributed by atoms with E-state index in [-0.39, 0.29) is 43.0 Å². The molecule has 6 rings (SSSR count). The number of nitrogens with zero attached hydrogens (tertiary/aromatic N) is 6. The maximum Gasteiger partial charge on any atom is 0.246 e. The lowest BCUT2D eigenvalue weighted by Gasteiger charge is -2.33. The summed E-state index contributed by atoms with van der Waals surface area (Å²) >= 11 is 1.36. The van der Waals surface area contributed by atoms with Crippen molar-refractivity contribution in [3.63, 3.8) is 0 Å². The quantitative estimate of drug-likeness (QED) is 0.159. The predicted octanol–water partition coefficient (Wildman–Crippen LogP) is 4.44. The van der Waals surface area contributed by atoms with Gasteiger partial charge in [0.1, 0.15) is 35.4 Å². The van der Waals surface area contributed by atoms with Crippen LogP contribution in [0.25, 0.3) is 43.9 Å². The molecule has 0 bridgehead atoms. The average Bonchev–Trinajstić information content (AvgIpc) is 3.81. The number of ether oxygens (including phenoxy) is 2. The van der Waals surface area contributed by atoms with Crippen molar-refractivity contribution < 1.29 is 33.3 Å². The number of amides is 1. The van der Waals surface area contributed by atoms with Gasteiger partial charge in [-0.15, -0.1) is 11.3 Å². The van der Waals surface area contributed by atoms with E-state index in [9.17, 15) is 19.4 Å². The van der Waals surface area contributed by atoms with Crippen LogP contribution >= 0.6 is 11.3 Å². The molecule has 0 radical (unpaired) electrons. The van der Waals surface area contributed by atoms with Crippen molar-refractivity contribution in [2.24, 2.45) is 0 Å². The third-order valence-corrected chi connectivity index (χ3v) is 8.83. The Morgan fingerprint density at radius 1 is 1.22 bits per heavy atom. The van der Waals surface area contributed by atoms with Gasteiger partial charge < -0.3 is 24.6 Å². The van der Waals surface area contributed by atoms with Crippen LogP contribution in [-0.2, 0) is 22.6 Å². The average molecular weight is 651 g/mol. The monoisotopic (exact) mass is 650 g/mol. The lowest BCUT2D eigenvalue weighted by molar-refractivity contribution is -0.129. The first-order chi connectivity index (χ1) is 22.2. The molecule has 4 aromatic heterocycles. The number of aliphatic hydroxyl groups excluding tert-OH is 2. The molecule has 0 unspecified atom stereocenters. The van der Waals surface area contributed by atoms with E-state index < -0.39 is 24.3 Å². The topological polar surface area (TPSA) is 128 Å². The Bertz CT molecular complexity index is 1920. The Morgan fingerprint density at radius 3 is 2.80 bits per heavy atom. The van der Waals surface area contributed by atoms with Crippen LogP contribution in [0.5, 0.6) is 5.75 Å². The van der Waals surface area contributed by atoms with E-state index in [1.165, 1.54) is 29.2 Å². The zero-order valence-electron chi connectivity index (χ0n) is 25.2. The van der Waals surface area contributed by atoms with E-state index in [0.717, 1.165) is 17.8 Å². The van der Waals surface area contributed by atoms with Crippen LogP contribution in [0.4, 0.5) is 8.78 Å². The second kappa shape index (κ2) is 13.1. The summed E-state index contributed by atoms with van der Waals surface area (Å²) in [6, 6.07) is 5.32. The largest absolute Gasteiger partial charge is 0.490 e. The molecular formula is C32H32F2N6O5S. The number of aromatic nitrogens is 5. The van der Waals surface area contributed by atoms with Crippen molar-refractivity contribution in [2.75, 3.05) is 33.5 Å². The lowest BCUT2D eigenvalue weighted by Crippen LogP contribution is -2.40. The van der Waals surface area contributed by atoms with Crippen molar-refractivity contribution in [1.82, 2.24) is 29.4 Å². The van der Waals surface area contributed by atoms with E-state index in [4.69, 9.17) is 19.6 Å². The first kappa shape index (κ1) is 31.5. The minimum absolute atomic E-state index is 0.00837. The van der Waals surface area contributed by atoms with Gasteiger partial charge in [0, 0.05) is 53.2 Å². The highest BCUT2D eigenvalue weighted by atomic mass is 32.1. The van der Waals surface area contributed by atoms with E-state index in [1.807, 2.05) is 29.1 Å². The second-order valence-corrected chi connectivity index (χ2v) is 11.7. The third-order valence-electron chi connectivity index (χ3n) is 7.90. The summed E-state index contributed by atoms with van der Waals surface area (Å²) in [4.78, 5) is 19.3. The van der Waals surface area contributed by atoms with Crippen molar-refractivity contribution in [1.29, 1.82) is 0 Å². The number of carbonyl (C=O) groups excluding carboxylic acids is 1. The summed E-state index contributed by atoms with van der Waals surface area (Å²) in [5.41, 5.74) is 3.08. The molecule has 1 aromatic carbocycles. The Kier molecular flexibility index (Phi) is 8.95. The number of aliphatic hydroxyl groups is 2. The van der Waals surface area contributed by atoms with Crippen molar-refractivity contribution >= 4 is 27.3 Å². The van der Waals surface area contributed by atoms with Crippen LogP contribution in [0.1, 0.15) is 18.7 Å². The highest BCUT2D eigenvalue weighted by Crippen LogP contribution is 2.47. The Balaban J connectivity index is 1.59. The first-order valence-electron chi connectivity index (χ1n) is 14.6. The molecule has 5 aromatic rings. The van der Waals surface area contributed by atoms with Gasteiger partial charge in [-0.25, -0.2) is 13.8 Å². The summed E-state index contributed by atoms with van der Waals surface area (Å²) in [7, 11) is 1.50. The standard InChI is InChI=1S/C32H32F2N6O5S/c1-4-27(43)39-6-7-40-25(18(39)2)13-24(37-40)31-29(28-23(34)11-20(33)12-26(28)45-9-8-44-3)32-22(5-10-46-32)30(36-31)19-14-35-38(15-19)16-21(42)17-41/h4-5,10-15,18,21,41-42H,1,6-9,16-17H2,2-3H3/t18-,21+/m1/s1. The Hall–Kier alpha value is -4.50. The van der Waals surface area contributed by atoms with Crippen LogP contribution < -0.4 is 4.74 Å². The van der Waals surface area contributed by atoms with Gasteiger partial charge in [-0.05, 0) is 30.5 Å². The van der Waals surface area contributed by atoms with Gasteiger partial charge in [-0.3, -0.25) is 14.2 Å². The molecule has 11 nitrogen and oxygen atoms in total. The zero-order chi connectivity index (χ0) is 32.5. The van der Waals surface area contributed by atoms with Crippen molar-refractivity contribution in [3.8, 4) is 39.5 Å². The number of methoxy groups -OCH3 is 1. The molecule has 240 valence electrons. The molecule has 46 heavy (non-hydrogen) atoms. The maximum absolute atomic E-state index is 16.0. The van der Waals surface area contributed by atoms with Crippen LogP contribution in [0, 0.1) is 11.6 Å². The molecule has 0 spiro atoms. The number of thiophene rings is 1. The van der Waals surface area contributed by atoms with E-state index in [0.29, 0.717) is 51.4 Å². The minimum Gasteiger partial charge on any atom is -0.490 e. The summed E-state index contributed by atoms with van der Waals surface area (Å²) < 4.78 is 45.5. The molecule has 0 aliphatic carbocycles. The van der Waals surface area contributed by atoms with Gasteiger partial charge in [-0.2, -0.15) is 10.2 Å². The molecule has 0 saturated heterocycles. The summed E-state index contributed by atoms with van der Waals surface area (Å²) in [5, 5.41) is 31.0. The van der Waals surface area contributed by atoms with E-state index >= 15 is 4.39 Å². The van der Waals surface area contributed by atoms with E-state index in [1.54, 1.807) is 17.3 Å².